The van der Waals surface area contributed by atoms with Crippen LogP contribution in [0.15, 0.2) is 23.0 Å². The average Bonchev–Trinajstić information content (AvgIpc) is 3.30. The molecule has 0 radical (unpaired) electrons. The van der Waals surface area contributed by atoms with Crippen molar-refractivity contribution in [2.24, 2.45) is 5.92 Å². The number of rotatable bonds is 7. The van der Waals surface area contributed by atoms with Gasteiger partial charge < -0.3 is 14.3 Å². The summed E-state index contributed by atoms with van der Waals surface area (Å²) in [4.78, 5) is 37.1. The highest BCUT2D eigenvalue weighted by atomic mass is 16.5. The first-order valence-corrected chi connectivity index (χ1v) is 10.1. The molecule has 0 spiro atoms. The monoisotopic (exact) mass is 399 g/mol. The van der Waals surface area contributed by atoms with Crippen LogP contribution in [0.3, 0.4) is 0 Å². The largest absolute Gasteiger partial charge is 0.339 e. The number of aromatic nitrogens is 3. The molecule has 3 rings (SSSR count). The van der Waals surface area contributed by atoms with Gasteiger partial charge in [-0.25, -0.2) is 0 Å². The van der Waals surface area contributed by atoms with Gasteiger partial charge in [-0.1, -0.05) is 19.0 Å². The van der Waals surface area contributed by atoms with Crippen LogP contribution in [0.25, 0.3) is 0 Å². The van der Waals surface area contributed by atoms with Crippen LogP contribution in [0.2, 0.25) is 0 Å². The van der Waals surface area contributed by atoms with E-state index >= 15 is 0 Å². The van der Waals surface area contributed by atoms with Crippen molar-refractivity contribution in [3.8, 4) is 0 Å². The minimum Gasteiger partial charge on any atom is -0.339 e. The van der Waals surface area contributed by atoms with E-state index in [1.807, 2.05) is 17.9 Å². The van der Waals surface area contributed by atoms with Crippen LogP contribution in [0.4, 0.5) is 0 Å². The Labute approximate surface area is 171 Å². The molecule has 8 heteroatoms. The molecule has 1 aliphatic heterocycles. The molecule has 29 heavy (non-hydrogen) atoms. The van der Waals surface area contributed by atoms with Crippen molar-refractivity contribution in [2.45, 2.75) is 53.0 Å². The normalized spacial score (nSPS) is 16.4. The van der Waals surface area contributed by atoms with Crippen molar-refractivity contribution in [2.75, 3.05) is 19.6 Å². The van der Waals surface area contributed by atoms with Crippen molar-refractivity contribution in [3.05, 3.63) is 41.3 Å². The first kappa shape index (κ1) is 21.0. The van der Waals surface area contributed by atoms with E-state index in [1.54, 1.807) is 24.2 Å². The molecule has 0 N–H and O–H groups in total. The Hall–Kier alpha value is -2.77. The first-order chi connectivity index (χ1) is 13.8. The van der Waals surface area contributed by atoms with Crippen LogP contribution in [0.5, 0.6) is 0 Å². The lowest BCUT2D eigenvalue weighted by Gasteiger charge is -2.27. The van der Waals surface area contributed by atoms with E-state index in [0.29, 0.717) is 49.3 Å². The van der Waals surface area contributed by atoms with E-state index in [-0.39, 0.29) is 17.9 Å². The Morgan fingerprint density at radius 1 is 1.34 bits per heavy atom. The number of nitrogens with zero attached hydrogens (tertiary/aromatic N) is 5. The number of likely N-dealkylation sites (tertiary alicyclic amines) is 1. The van der Waals surface area contributed by atoms with Crippen molar-refractivity contribution in [3.63, 3.8) is 0 Å². The molecule has 2 aromatic rings. The molecule has 0 aromatic carbocycles. The molecule has 2 amide bonds. The summed E-state index contributed by atoms with van der Waals surface area (Å²) < 4.78 is 5.28. The third-order valence-corrected chi connectivity index (χ3v) is 5.09. The van der Waals surface area contributed by atoms with Gasteiger partial charge in [0.1, 0.15) is 0 Å². The van der Waals surface area contributed by atoms with Crippen LogP contribution in [-0.4, -0.2) is 62.4 Å². The van der Waals surface area contributed by atoms with Crippen molar-refractivity contribution < 1.29 is 14.1 Å². The number of hydrogen-bond acceptors (Lipinski definition) is 6. The maximum Gasteiger partial charge on any atom is 0.255 e. The SMILES string of the molecule is CC(=O)N(CCc1noc(CC(C)C)n1)C1CCN(C(=O)c2cncc(C)c2)C1. The number of pyridine rings is 1. The van der Waals surface area contributed by atoms with Gasteiger partial charge in [-0.3, -0.25) is 14.6 Å². The Morgan fingerprint density at radius 3 is 2.83 bits per heavy atom. The molecule has 8 nitrogen and oxygen atoms in total. The number of carbonyl (C=O) groups excluding carboxylic acids is 2. The summed E-state index contributed by atoms with van der Waals surface area (Å²) in [6, 6.07) is 1.84. The second-order valence-corrected chi connectivity index (χ2v) is 8.11. The van der Waals surface area contributed by atoms with Gasteiger partial charge in [0.05, 0.1) is 11.6 Å². The predicted octanol–water partition coefficient (Wildman–Crippen LogP) is 2.28. The van der Waals surface area contributed by atoms with E-state index in [9.17, 15) is 9.59 Å². The van der Waals surface area contributed by atoms with Crippen LogP contribution in [0, 0.1) is 12.8 Å². The van der Waals surface area contributed by atoms with Gasteiger partial charge in [-0.2, -0.15) is 4.98 Å². The lowest BCUT2D eigenvalue weighted by Crippen LogP contribution is -2.42. The van der Waals surface area contributed by atoms with E-state index in [2.05, 4.69) is 29.0 Å². The number of aryl methyl sites for hydroxylation is 1. The highest BCUT2D eigenvalue weighted by molar-refractivity contribution is 5.94. The van der Waals surface area contributed by atoms with Crippen LogP contribution < -0.4 is 0 Å². The fourth-order valence-electron chi connectivity index (χ4n) is 3.68. The zero-order valence-corrected chi connectivity index (χ0v) is 17.6. The standard InChI is InChI=1S/C21H29N5O3/c1-14(2)9-20-23-19(24-29-20)6-8-26(16(4)27)18-5-7-25(13-18)21(28)17-10-15(3)11-22-12-17/h10-12,14,18H,5-9,13H2,1-4H3. The van der Waals surface area contributed by atoms with Crippen molar-refractivity contribution >= 4 is 11.8 Å². The topological polar surface area (TPSA) is 92.4 Å². The van der Waals surface area contributed by atoms with Gasteiger partial charge in [-0.05, 0) is 30.9 Å². The molecule has 1 aliphatic rings. The number of hydrogen-bond donors (Lipinski definition) is 0. The molecule has 2 aromatic heterocycles. The van der Waals surface area contributed by atoms with Crippen molar-refractivity contribution in [1.29, 1.82) is 0 Å². The lowest BCUT2D eigenvalue weighted by atomic mass is 10.1. The van der Waals surface area contributed by atoms with E-state index in [4.69, 9.17) is 4.52 Å². The summed E-state index contributed by atoms with van der Waals surface area (Å²) in [5.41, 5.74) is 1.54. The van der Waals surface area contributed by atoms with Gasteiger partial charge >= 0.3 is 0 Å². The summed E-state index contributed by atoms with van der Waals surface area (Å²) in [6.07, 6.45) is 5.36. The summed E-state index contributed by atoms with van der Waals surface area (Å²) in [7, 11) is 0. The molecule has 1 atom stereocenters. The second-order valence-electron chi connectivity index (χ2n) is 8.11. The Balaban J connectivity index is 1.59. The molecule has 0 bridgehead atoms. The highest BCUT2D eigenvalue weighted by Gasteiger charge is 2.32. The Bertz CT molecular complexity index is 864. The van der Waals surface area contributed by atoms with Crippen LogP contribution in [0.1, 0.15) is 54.8 Å². The summed E-state index contributed by atoms with van der Waals surface area (Å²) >= 11 is 0. The molecule has 1 fully saturated rings. The predicted molar refractivity (Wildman–Crippen MR) is 107 cm³/mol. The lowest BCUT2D eigenvalue weighted by molar-refractivity contribution is -0.130. The zero-order valence-electron chi connectivity index (χ0n) is 17.6. The van der Waals surface area contributed by atoms with Crippen LogP contribution >= 0.6 is 0 Å². The molecular formula is C21H29N5O3. The van der Waals surface area contributed by atoms with Gasteiger partial charge in [0.15, 0.2) is 5.82 Å². The minimum atomic E-state index is -0.0382. The quantitative estimate of drug-likeness (QED) is 0.709. The molecular weight excluding hydrogens is 370 g/mol. The first-order valence-electron chi connectivity index (χ1n) is 10.1. The van der Waals surface area contributed by atoms with Gasteiger partial charge in [-0.15, -0.1) is 0 Å². The third kappa shape index (κ3) is 5.40. The molecule has 1 unspecified atom stereocenters. The van der Waals surface area contributed by atoms with E-state index in [0.717, 1.165) is 18.4 Å². The maximum atomic E-state index is 12.8. The van der Waals surface area contributed by atoms with Gasteiger partial charge in [0.25, 0.3) is 5.91 Å². The molecule has 0 aliphatic carbocycles. The molecule has 156 valence electrons. The Morgan fingerprint density at radius 2 is 2.14 bits per heavy atom. The van der Waals surface area contributed by atoms with E-state index in [1.165, 1.54) is 0 Å². The fourth-order valence-corrected chi connectivity index (χ4v) is 3.68. The number of amides is 2. The summed E-state index contributed by atoms with van der Waals surface area (Å²) in [5, 5.41) is 4.02. The average molecular weight is 399 g/mol. The second kappa shape index (κ2) is 9.15. The molecule has 1 saturated heterocycles. The smallest absolute Gasteiger partial charge is 0.255 e. The van der Waals surface area contributed by atoms with E-state index < -0.39 is 0 Å². The molecule has 3 heterocycles. The van der Waals surface area contributed by atoms with Gasteiger partial charge in [0.2, 0.25) is 11.8 Å². The fraction of sp³-hybridized carbons (Fsp3) is 0.571. The highest BCUT2D eigenvalue weighted by Crippen LogP contribution is 2.19. The molecule has 0 saturated carbocycles. The summed E-state index contributed by atoms with van der Waals surface area (Å²) in [6.45, 7) is 9.34. The van der Waals surface area contributed by atoms with Gasteiger partial charge in [0, 0.05) is 51.8 Å². The summed E-state index contributed by atoms with van der Waals surface area (Å²) in [5.74, 6) is 1.65. The zero-order chi connectivity index (χ0) is 21.0. The van der Waals surface area contributed by atoms with Crippen molar-refractivity contribution in [1.82, 2.24) is 24.9 Å². The maximum absolute atomic E-state index is 12.8. The van der Waals surface area contributed by atoms with Crippen LogP contribution in [-0.2, 0) is 17.6 Å². The Kier molecular flexibility index (Phi) is 6.61. The minimum absolute atomic E-state index is 0.00347. The number of carbonyl (C=O) groups is 2. The third-order valence-electron chi connectivity index (χ3n) is 5.09.